The first-order valence-corrected chi connectivity index (χ1v) is 9.14. The van der Waals surface area contributed by atoms with Crippen molar-refractivity contribution in [2.75, 3.05) is 20.3 Å². The summed E-state index contributed by atoms with van der Waals surface area (Å²) < 4.78 is 15.8. The number of methoxy groups -OCH3 is 1. The van der Waals surface area contributed by atoms with Gasteiger partial charge in [0.05, 0.1) is 13.7 Å². The van der Waals surface area contributed by atoms with Gasteiger partial charge in [0.25, 0.3) is 0 Å². The summed E-state index contributed by atoms with van der Waals surface area (Å²) in [5.41, 5.74) is 0.805. The molecule has 28 heavy (non-hydrogen) atoms. The van der Waals surface area contributed by atoms with Crippen LogP contribution in [-0.4, -0.2) is 36.3 Å². The predicted molar refractivity (Wildman–Crippen MR) is 105 cm³/mol. The van der Waals surface area contributed by atoms with E-state index in [-0.39, 0.29) is 12.3 Å². The van der Waals surface area contributed by atoms with Crippen LogP contribution >= 0.6 is 11.6 Å². The number of ether oxygens (including phenoxy) is 2. The Morgan fingerprint density at radius 1 is 1.11 bits per heavy atom. The lowest BCUT2D eigenvalue weighted by atomic mass is 10.2. The Bertz CT molecular complexity index is 895. The molecule has 1 aromatic heterocycles. The van der Waals surface area contributed by atoms with E-state index in [2.05, 4.69) is 15.5 Å². The van der Waals surface area contributed by atoms with Crippen LogP contribution in [0.2, 0.25) is 5.02 Å². The molecule has 1 amide bonds. The Morgan fingerprint density at radius 3 is 2.54 bits per heavy atom. The highest BCUT2D eigenvalue weighted by molar-refractivity contribution is 6.30. The number of carbonyl (C=O) groups is 1. The highest BCUT2D eigenvalue weighted by Crippen LogP contribution is 2.19. The number of hydrogen-bond donors (Lipinski definition) is 1. The van der Waals surface area contributed by atoms with Crippen molar-refractivity contribution in [3.63, 3.8) is 0 Å². The van der Waals surface area contributed by atoms with Gasteiger partial charge in [-0.3, -0.25) is 4.79 Å². The highest BCUT2D eigenvalue weighted by atomic mass is 35.5. The number of halogens is 1. The molecule has 1 heterocycles. The molecule has 0 aliphatic rings. The number of nitrogens with zero attached hydrogens (tertiary/aromatic N) is 2. The number of hydrogen-bond acceptors (Lipinski definition) is 6. The van der Waals surface area contributed by atoms with Gasteiger partial charge in [-0.15, -0.1) is 0 Å². The van der Waals surface area contributed by atoms with Crippen molar-refractivity contribution in [1.29, 1.82) is 0 Å². The minimum atomic E-state index is -0.107. The van der Waals surface area contributed by atoms with Crippen molar-refractivity contribution in [2.45, 2.75) is 12.8 Å². The Hall–Kier alpha value is -3.06. The third kappa shape index (κ3) is 5.72. The van der Waals surface area contributed by atoms with E-state index in [9.17, 15) is 4.79 Å². The maximum Gasteiger partial charge on any atom is 0.227 e. The van der Waals surface area contributed by atoms with Crippen molar-refractivity contribution in [1.82, 2.24) is 15.5 Å². The van der Waals surface area contributed by atoms with Crippen LogP contribution in [0.1, 0.15) is 12.3 Å². The zero-order valence-corrected chi connectivity index (χ0v) is 16.1. The van der Waals surface area contributed by atoms with Crippen molar-refractivity contribution in [2.24, 2.45) is 0 Å². The number of aryl methyl sites for hydroxylation is 1. The molecular formula is C20H20ClN3O4. The summed E-state index contributed by atoms with van der Waals surface area (Å²) in [7, 11) is 1.61. The molecule has 1 N–H and O–H groups in total. The van der Waals surface area contributed by atoms with Gasteiger partial charge in [-0.1, -0.05) is 16.8 Å². The molecule has 0 aliphatic carbocycles. The van der Waals surface area contributed by atoms with E-state index in [1.807, 2.05) is 36.4 Å². The molecule has 0 saturated carbocycles. The second-order valence-electron chi connectivity index (χ2n) is 5.89. The summed E-state index contributed by atoms with van der Waals surface area (Å²) in [6, 6.07) is 14.4. The monoisotopic (exact) mass is 401 g/mol. The van der Waals surface area contributed by atoms with Gasteiger partial charge in [-0.25, -0.2) is 0 Å². The first-order chi connectivity index (χ1) is 13.6. The number of nitrogens with one attached hydrogen (secondary N) is 1. The maximum absolute atomic E-state index is 11.9. The second kappa shape index (κ2) is 9.75. The fraction of sp³-hybridized carbons (Fsp3) is 0.250. The minimum absolute atomic E-state index is 0.107. The molecule has 0 radical (unpaired) electrons. The Labute approximate surface area is 167 Å². The molecule has 2 aromatic carbocycles. The van der Waals surface area contributed by atoms with E-state index in [4.69, 9.17) is 25.6 Å². The fourth-order valence-electron chi connectivity index (χ4n) is 2.41. The lowest BCUT2D eigenvalue weighted by Crippen LogP contribution is -2.28. The van der Waals surface area contributed by atoms with Crippen LogP contribution in [-0.2, 0) is 11.2 Å². The second-order valence-corrected chi connectivity index (χ2v) is 6.33. The van der Waals surface area contributed by atoms with Crippen molar-refractivity contribution in [3.8, 4) is 22.9 Å². The lowest BCUT2D eigenvalue weighted by Gasteiger charge is -2.08. The van der Waals surface area contributed by atoms with Crippen LogP contribution in [0.3, 0.4) is 0 Å². The summed E-state index contributed by atoms with van der Waals surface area (Å²) in [5.74, 6) is 2.26. The lowest BCUT2D eigenvalue weighted by molar-refractivity contribution is -0.121. The normalized spacial score (nSPS) is 10.5. The molecule has 146 valence electrons. The van der Waals surface area contributed by atoms with Crippen LogP contribution in [0.25, 0.3) is 11.4 Å². The Balaban J connectivity index is 1.36. The standard InChI is InChI=1S/C20H20ClN3O4/c1-26-16-6-8-17(9-7-16)27-13-12-22-18(25)10-11-19-23-20(24-28-19)14-2-4-15(21)5-3-14/h2-9H,10-13H2,1H3,(H,22,25). The minimum Gasteiger partial charge on any atom is -0.497 e. The first kappa shape index (κ1) is 19.7. The molecule has 3 aromatic rings. The first-order valence-electron chi connectivity index (χ1n) is 8.76. The molecule has 0 unspecified atom stereocenters. The van der Waals surface area contributed by atoms with Crippen molar-refractivity contribution in [3.05, 3.63) is 59.4 Å². The van der Waals surface area contributed by atoms with Gasteiger partial charge >= 0.3 is 0 Å². The van der Waals surface area contributed by atoms with Gasteiger partial charge in [0.2, 0.25) is 17.6 Å². The van der Waals surface area contributed by atoms with Crippen LogP contribution in [0.15, 0.2) is 53.1 Å². The van der Waals surface area contributed by atoms with E-state index in [1.165, 1.54) is 0 Å². The zero-order valence-electron chi connectivity index (χ0n) is 15.4. The summed E-state index contributed by atoms with van der Waals surface area (Å²) >= 11 is 5.87. The average Bonchev–Trinajstić information content (AvgIpc) is 3.20. The molecule has 0 aliphatic heterocycles. The van der Waals surface area contributed by atoms with Crippen LogP contribution < -0.4 is 14.8 Å². The van der Waals surface area contributed by atoms with Crippen LogP contribution in [0, 0.1) is 0 Å². The number of amides is 1. The predicted octanol–water partition coefficient (Wildman–Crippen LogP) is 3.53. The Morgan fingerprint density at radius 2 is 1.82 bits per heavy atom. The number of rotatable bonds is 9. The van der Waals surface area contributed by atoms with Crippen molar-refractivity contribution < 1.29 is 18.8 Å². The highest BCUT2D eigenvalue weighted by Gasteiger charge is 2.10. The topological polar surface area (TPSA) is 86.5 Å². The van der Waals surface area contributed by atoms with E-state index in [1.54, 1.807) is 19.2 Å². The summed E-state index contributed by atoms with van der Waals surface area (Å²) in [5, 5.41) is 7.36. The summed E-state index contributed by atoms with van der Waals surface area (Å²) in [6.07, 6.45) is 0.622. The van der Waals surface area contributed by atoms with E-state index < -0.39 is 0 Å². The van der Waals surface area contributed by atoms with Crippen LogP contribution in [0.5, 0.6) is 11.5 Å². The molecule has 0 fully saturated rings. The van der Waals surface area contributed by atoms with Crippen LogP contribution in [0.4, 0.5) is 0 Å². The number of aromatic nitrogens is 2. The largest absolute Gasteiger partial charge is 0.497 e. The third-order valence-corrected chi connectivity index (χ3v) is 4.14. The van der Waals surface area contributed by atoms with Gasteiger partial charge < -0.3 is 19.3 Å². The number of benzene rings is 2. The Kier molecular flexibility index (Phi) is 6.86. The van der Waals surface area contributed by atoms with Gasteiger partial charge in [0, 0.05) is 23.4 Å². The molecular weight excluding hydrogens is 382 g/mol. The van der Waals surface area contributed by atoms with Gasteiger partial charge in [0.15, 0.2) is 0 Å². The fourth-order valence-corrected chi connectivity index (χ4v) is 2.54. The molecule has 3 rings (SSSR count). The van der Waals surface area contributed by atoms with E-state index in [0.717, 1.165) is 17.1 Å². The molecule has 8 heteroatoms. The quantitative estimate of drug-likeness (QED) is 0.552. The third-order valence-electron chi connectivity index (χ3n) is 3.89. The maximum atomic E-state index is 11.9. The average molecular weight is 402 g/mol. The molecule has 0 bridgehead atoms. The summed E-state index contributed by atoms with van der Waals surface area (Å²) in [4.78, 5) is 16.2. The van der Waals surface area contributed by atoms with E-state index in [0.29, 0.717) is 36.3 Å². The SMILES string of the molecule is COc1ccc(OCCNC(=O)CCc2nc(-c3ccc(Cl)cc3)no2)cc1. The van der Waals surface area contributed by atoms with Gasteiger partial charge in [-0.05, 0) is 48.5 Å². The van der Waals surface area contributed by atoms with E-state index >= 15 is 0 Å². The van der Waals surface area contributed by atoms with Gasteiger partial charge in [-0.2, -0.15) is 4.98 Å². The number of carbonyl (C=O) groups excluding carboxylic acids is 1. The zero-order chi connectivity index (χ0) is 19.8. The van der Waals surface area contributed by atoms with Gasteiger partial charge in [0.1, 0.15) is 18.1 Å². The molecule has 0 saturated heterocycles. The molecule has 0 atom stereocenters. The smallest absolute Gasteiger partial charge is 0.227 e. The van der Waals surface area contributed by atoms with Crippen molar-refractivity contribution >= 4 is 17.5 Å². The molecule has 7 nitrogen and oxygen atoms in total. The molecule has 0 spiro atoms. The summed E-state index contributed by atoms with van der Waals surface area (Å²) in [6.45, 7) is 0.782.